The van der Waals surface area contributed by atoms with Gasteiger partial charge in [-0.15, -0.1) is 0 Å². The number of aliphatic carboxylic acids is 1. The molecule has 5 nitrogen and oxygen atoms in total. The van der Waals surface area contributed by atoms with Crippen LogP contribution in [0.3, 0.4) is 0 Å². The van der Waals surface area contributed by atoms with Gasteiger partial charge in [-0.3, -0.25) is 4.79 Å². The Labute approximate surface area is 125 Å². The minimum Gasteiger partial charge on any atom is -0.480 e. The van der Waals surface area contributed by atoms with Crippen LogP contribution in [0, 0.1) is 0 Å². The molecule has 1 amide bonds. The SMILES string of the molecule is CCCCC(N)C(=O)NC(CCc1ccccc1)C(=O)O. The van der Waals surface area contributed by atoms with E-state index in [2.05, 4.69) is 5.32 Å². The highest BCUT2D eigenvalue weighted by molar-refractivity contribution is 5.86. The maximum atomic E-state index is 11.9. The van der Waals surface area contributed by atoms with Crippen LogP contribution < -0.4 is 11.1 Å². The predicted octanol–water partition coefficient (Wildman–Crippen LogP) is 1.71. The lowest BCUT2D eigenvalue weighted by Gasteiger charge is -2.17. The van der Waals surface area contributed by atoms with Crippen molar-refractivity contribution in [3.63, 3.8) is 0 Å². The van der Waals surface area contributed by atoms with Crippen LogP contribution in [-0.4, -0.2) is 29.1 Å². The van der Waals surface area contributed by atoms with E-state index in [-0.39, 0.29) is 5.91 Å². The van der Waals surface area contributed by atoms with Crippen LogP contribution in [0.15, 0.2) is 30.3 Å². The second-order valence-electron chi connectivity index (χ2n) is 5.17. The number of benzene rings is 1. The van der Waals surface area contributed by atoms with Gasteiger partial charge in [0.15, 0.2) is 0 Å². The molecule has 0 saturated carbocycles. The number of nitrogens with two attached hydrogens (primary N) is 1. The Kier molecular flexibility index (Phi) is 7.46. The molecule has 0 aromatic heterocycles. The van der Waals surface area contributed by atoms with Crippen LogP contribution in [0.25, 0.3) is 0 Å². The van der Waals surface area contributed by atoms with Crippen molar-refractivity contribution < 1.29 is 14.7 Å². The van der Waals surface area contributed by atoms with Gasteiger partial charge < -0.3 is 16.2 Å². The van der Waals surface area contributed by atoms with Gasteiger partial charge in [0.2, 0.25) is 5.91 Å². The third-order valence-corrected chi connectivity index (χ3v) is 3.38. The smallest absolute Gasteiger partial charge is 0.326 e. The van der Waals surface area contributed by atoms with E-state index in [4.69, 9.17) is 5.73 Å². The van der Waals surface area contributed by atoms with Gasteiger partial charge in [-0.25, -0.2) is 4.79 Å². The summed E-state index contributed by atoms with van der Waals surface area (Å²) in [6.07, 6.45) is 3.34. The molecule has 0 aliphatic rings. The Morgan fingerprint density at radius 1 is 1.24 bits per heavy atom. The fourth-order valence-electron chi connectivity index (χ4n) is 2.05. The minimum atomic E-state index is -1.03. The first kappa shape index (κ1) is 17.2. The molecule has 1 aromatic carbocycles. The van der Waals surface area contributed by atoms with Gasteiger partial charge in [0.05, 0.1) is 6.04 Å². The third-order valence-electron chi connectivity index (χ3n) is 3.38. The van der Waals surface area contributed by atoms with Gasteiger partial charge in [-0.05, 0) is 24.8 Å². The Morgan fingerprint density at radius 2 is 1.90 bits per heavy atom. The minimum absolute atomic E-state index is 0.353. The molecular weight excluding hydrogens is 268 g/mol. The summed E-state index contributed by atoms with van der Waals surface area (Å²) < 4.78 is 0. The summed E-state index contributed by atoms with van der Waals surface area (Å²) in [6, 6.07) is 8.07. The molecule has 0 aliphatic heterocycles. The standard InChI is InChI=1S/C16H24N2O3/c1-2-3-9-13(17)15(19)18-14(16(20)21)11-10-12-7-5-4-6-8-12/h4-8,13-14H,2-3,9-11,17H2,1H3,(H,18,19)(H,20,21). The number of hydrogen-bond donors (Lipinski definition) is 3. The van der Waals surface area contributed by atoms with E-state index in [1.165, 1.54) is 0 Å². The van der Waals surface area contributed by atoms with Gasteiger partial charge >= 0.3 is 5.97 Å². The number of aryl methyl sites for hydroxylation is 1. The summed E-state index contributed by atoms with van der Waals surface area (Å²) in [5, 5.41) is 11.7. The largest absolute Gasteiger partial charge is 0.480 e. The van der Waals surface area contributed by atoms with E-state index in [0.29, 0.717) is 19.3 Å². The number of carboxylic acid groups (broad SMARTS) is 1. The molecule has 2 unspecified atom stereocenters. The van der Waals surface area contributed by atoms with E-state index in [9.17, 15) is 14.7 Å². The second-order valence-corrected chi connectivity index (χ2v) is 5.17. The van der Waals surface area contributed by atoms with E-state index in [1.807, 2.05) is 37.3 Å². The number of nitrogens with one attached hydrogen (secondary N) is 1. The van der Waals surface area contributed by atoms with Crippen LogP contribution >= 0.6 is 0 Å². The highest BCUT2D eigenvalue weighted by atomic mass is 16.4. The van der Waals surface area contributed by atoms with E-state index in [0.717, 1.165) is 18.4 Å². The number of carbonyl (C=O) groups excluding carboxylic acids is 1. The normalized spacial score (nSPS) is 13.4. The Hall–Kier alpha value is -1.88. The molecule has 0 heterocycles. The van der Waals surface area contributed by atoms with Crippen LogP contribution in [0.4, 0.5) is 0 Å². The van der Waals surface area contributed by atoms with Gasteiger partial charge in [-0.2, -0.15) is 0 Å². The van der Waals surface area contributed by atoms with Crippen molar-refractivity contribution in [1.82, 2.24) is 5.32 Å². The summed E-state index contributed by atoms with van der Waals surface area (Å²) in [6.45, 7) is 2.02. The summed E-state index contributed by atoms with van der Waals surface area (Å²) in [7, 11) is 0. The molecule has 2 atom stereocenters. The van der Waals surface area contributed by atoms with Crippen LogP contribution in [0.2, 0.25) is 0 Å². The molecule has 4 N–H and O–H groups in total. The molecule has 21 heavy (non-hydrogen) atoms. The molecule has 1 aromatic rings. The molecule has 5 heteroatoms. The van der Waals surface area contributed by atoms with Crippen molar-refractivity contribution >= 4 is 11.9 Å². The first-order chi connectivity index (χ1) is 10.0. The van der Waals surface area contributed by atoms with Crippen molar-refractivity contribution in [1.29, 1.82) is 0 Å². The summed E-state index contributed by atoms with van der Waals surface area (Å²) in [5.41, 5.74) is 6.80. The molecule has 0 bridgehead atoms. The fourth-order valence-corrected chi connectivity index (χ4v) is 2.05. The topological polar surface area (TPSA) is 92.4 Å². The molecule has 0 saturated heterocycles. The lowest BCUT2D eigenvalue weighted by molar-refractivity contribution is -0.142. The van der Waals surface area contributed by atoms with E-state index < -0.39 is 18.1 Å². The molecule has 0 aliphatic carbocycles. The van der Waals surface area contributed by atoms with Crippen molar-refractivity contribution in [2.45, 2.75) is 51.1 Å². The monoisotopic (exact) mass is 292 g/mol. The third kappa shape index (κ3) is 6.40. The molecule has 0 spiro atoms. The number of unbranched alkanes of at least 4 members (excludes halogenated alkanes) is 1. The number of amides is 1. The summed E-state index contributed by atoms with van der Waals surface area (Å²) in [4.78, 5) is 23.1. The fraction of sp³-hybridized carbons (Fsp3) is 0.500. The van der Waals surface area contributed by atoms with E-state index in [1.54, 1.807) is 0 Å². The van der Waals surface area contributed by atoms with Crippen LogP contribution in [0.1, 0.15) is 38.2 Å². The predicted molar refractivity (Wildman–Crippen MR) is 81.8 cm³/mol. The molecule has 116 valence electrons. The number of carbonyl (C=O) groups is 2. The number of carboxylic acids is 1. The van der Waals surface area contributed by atoms with Crippen molar-refractivity contribution in [3.8, 4) is 0 Å². The zero-order valence-corrected chi connectivity index (χ0v) is 12.4. The Balaban J connectivity index is 2.50. The maximum absolute atomic E-state index is 11.9. The van der Waals surface area contributed by atoms with Crippen molar-refractivity contribution in [2.24, 2.45) is 5.73 Å². The lowest BCUT2D eigenvalue weighted by atomic mass is 10.0. The van der Waals surface area contributed by atoms with Gasteiger partial charge in [0, 0.05) is 0 Å². The Bertz CT molecular complexity index is 448. The first-order valence-electron chi connectivity index (χ1n) is 7.37. The average molecular weight is 292 g/mol. The van der Waals surface area contributed by atoms with Crippen LogP contribution in [0.5, 0.6) is 0 Å². The highest BCUT2D eigenvalue weighted by Crippen LogP contribution is 2.06. The quantitative estimate of drug-likeness (QED) is 0.646. The molecule has 0 radical (unpaired) electrons. The Morgan fingerprint density at radius 3 is 2.48 bits per heavy atom. The second kappa shape index (κ2) is 9.13. The highest BCUT2D eigenvalue weighted by Gasteiger charge is 2.22. The van der Waals surface area contributed by atoms with Gasteiger partial charge in [0.25, 0.3) is 0 Å². The van der Waals surface area contributed by atoms with Gasteiger partial charge in [-0.1, -0.05) is 50.1 Å². The summed E-state index contributed by atoms with van der Waals surface area (Å²) in [5.74, 6) is -1.41. The maximum Gasteiger partial charge on any atom is 0.326 e. The van der Waals surface area contributed by atoms with Crippen molar-refractivity contribution in [2.75, 3.05) is 0 Å². The van der Waals surface area contributed by atoms with Crippen LogP contribution in [-0.2, 0) is 16.0 Å². The average Bonchev–Trinajstić information content (AvgIpc) is 2.49. The number of rotatable bonds is 9. The zero-order chi connectivity index (χ0) is 15.7. The van der Waals surface area contributed by atoms with Crippen molar-refractivity contribution in [3.05, 3.63) is 35.9 Å². The molecule has 1 rings (SSSR count). The lowest BCUT2D eigenvalue weighted by Crippen LogP contribution is -2.48. The zero-order valence-electron chi connectivity index (χ0n) is 12.4. The van der Waals surface area contributed by atoms with Gasteiger partial charge in [0.1, 0.15) is 6.04 Å². The summed E-state index contributed by atoms with van der Waals surface area (Å²) >= 11 is 0. The number of hydrogen-bond acceptors (Lipinski definition) is 3. The van der Waals surface area contributed by atoms with E-state index >= 15 is 0 Å². The first-order valence-corrected chi connectivity index (χ1v) is 7.37. The molecular formula is C16H24N2O3. The molecule has 0 fully saturated rings.